The number of fused-ring (bicyclic) bond motifs is 3. The number of oxime groups is 1. The number of aromatic amines is 3. The van der Waals surface area contributed by atoms with Gasteiger partial charge in [-0.15, -0.1) is 0 Å². The van der Waals surface area contributed by atoms with Crippen LogP contribution >= 0.6 is 24.4 Å². The van der Waals surface area contributed by atoms with E-state index < -0.39 is 35.1 Å². The van der Waals surface area contributed by atoms with Gasteiger partial charge in [0, 0.05) is 114 Å². The summed E-state index contributed by atoms with van der Waals surface area (Å²) in [5, 5.41) is 30.5. The highest BCUT2D eigenvalue weighted by Gasteiger charge is 2.34. The molecule has 0 saturated carbocycles. The Morgan fingerprint density at radius 3 is 1.07 bits per heavy atom. The summed E-state index contributed by atoms with van der Waals surface area (Å²) in [4.78, 5) is 127. The summed E-state index contributed by atoms with van der Waals surface area (Å²) in [6.45, 7) is 13.1. The molecule has 108 heavy (non-hydrogen) atoms. The van der Waals surface area contributed by atoms with Gasteiger partial charge in [-0.25, -0.2) is 48.7 Å². The molecule has 35 heteroatoms. The van der Waals surface area contributed by atoms with Crippen molar-refractivity contribution in [3.8, 4) is 34.7 Å². The number of H-pyrrole nitrogens is 3. The summed E-state index contributed by atoms with van der Waals surface area (Å²) in [6, 6.07) is 29.7. The van der Waals surface area contributed by atoms with Crippen LogP contribution in [-0.4, -0.2) is 262 Å². The third-order valence-electron chi connectivity index (χ3n) is 17.8. The predicted octanol–water partition coefficient (Wildman–Crippen LogP) is 5.95. The van der Waals surface area contributed by atoms with E-state index in [1.807, 2.05) is 83.8 Å². The third-order valence-corrected chi connectivity index (χ3v) is 18.8. The van der Waals surface area contributed by atoms with Gasteiger partial charge in [0.25, 0.3) is 29.2 Å². The average Bonchev–Trinajstić information content (AvgIpc) is 1.68. The Labute approximate surface area is 627 Å². The maximum absolute atomic E-state index is 13.4. The molecule has 3 saturated heterocycles. The molecule has 3 aromatic carbocycles. The maximum Gasteiger partial charge on any atom is 0.377 e. The smallest absolute Gasteiger partial charge is 0.377 e. The molecular formula is C73H74N22O11S2. The van der Waals surface area contributed by atoms with Gasteiger partial charge in [-0.1, -0.05) is 121 Å². The molecule has 0 bridgehead atoms. The van der Waals surface area contributed by atoms with E-state index >= 15 is 0 Å². The van der Waals surface area contributed by atoms with Crippen LogP contribution in [0.15, 0.2) is 152 Å². The lowest BCUT2D eigenvalue weighted by Gasteiger charge is -2.36. The zero-order valence-corrected chi connectivity index (χ0v) is 61.4. The standard InChI is InChI=1S/C25H26N8O4.C24H23N7O3S.C13H11N5O4.C11H14N2S/c1-16-28-15-33(29-16)24-21-20(19(36-2)14-27-24)18(13-26-21)22(34)25(35)32-11-9-31(10-12-32)23(30-37-3)17-7-5-4-6-8-17;1-15-27-14-31(28-15)22-20-19(18(34-2)13-26-22)17(12-25-20)21(32)23(33)29-8-10-30(11-9-29)24(35)16-6-4-3-5-7-16;1-6-16-5-18(17-6)12-10-9(8(22-2)4-15-12)7(3-14-10)11(19)13(20)21;14-11(10-4-2-1-3-5-10)13-8-6-12-7-9-13/h4-8,13-15,26H,9-12H2,1-3H3;3-7,12-14,25H,8-11H2,1-2H3;3-5,14H,1-2H3,(H,20,21);1-5,12H,6-9H2. The van der Waals surface area contributed by atoms with Crippen molar-refractivity contribution in [2.24, 2.45) is 5.16 Å². The number of amides is 2. The normalized spacial score (nSPS) is 13.7. The molecule has 12 heterocycles. The van der Waals surface area contributed by atoms with Crippen molar-refractivity contribution in [1.82, 2.24) is 104 Å². The van der Waals surface area contributed by atoms with Crippen molar-refractivity contribution < 1.29 is 52.9 Å². The molecule has 3 aliphatic rings. The zero-order chi connectivity index (χ0) is 76.1. The summed E-state index contributed by atoms with van der Waals surface area (Å²) in [7, 11) is 5.90. The van der Waals surface area contributed by atoms with E-state index in [-0.39, 0.29) is 16.7 Å². The first-order chi connectivity index (χ1) is 52.4. The number of Topliss-reactive ketones (excluding diaryl/α,β-unsaturated/α-hetero) is 3. The maximum atomic E-state index is 13.4. The molecule has 0 spiro atoms. The Morgan fingerprint density at radius 2 is 0.750 bits per heavy atom. The summed E-state index contributed by atoms with van der Waals surface area (Å²) in [5.41, 5.74) is 4.97. The Hall–Kier alpha value is -13.0. The van der Waals surface area contributed by atoms with Gasteiger partial charge in [-0.05, 0) is 20.8 Å². The second-order valence-corrected chi connectivity index (χ2v) is 25.2. The highest BCUT2D eigenvalue weighted by molar-refractivity contribution is 7.81. The summed E-state index contributed by atoms with van der Waals surface area (Å²) < 4.78 is 20.6. The number of carbonyl (C=O) groups is 6. The van der Waals surface area contributed by atoms with Crippen LogP contribution in [0.2, 0.25) is 0 Å². The molecule has 0 unspecified atom stereocenters. The molecule has 0 aliphatic carbocycles. The third kappa shape index (κ3) is 16.1. The van der Waals surface area contributed by atoms with Crippen molar-refractivity contribution in [2.45, 2.75) is 20.8 Å². The van der Waals surface area contributed by atoms with Gasteiger partial charge < -0.3 is 68.9 Å². The molecular weight excluding hydrogens is 1430 g/mol. The molecule has 3 aliphatic heterocycles. The van der Waals surface area contributed by atoms with E-state index in [1.54, 1.807) is 30.6 Å². The first kappa shape index (κ1) is 74.7. The Balaban J connectivity index is 0.000000142. The monoisotopic (exact) mass is 1500 g/mol. The molecule has 9 aromatic heterocycles. The van der Waals surface area contributed by atoms with E-state index in [0.717, 1.165) is 52.8 Å². The van der Waals surface area contributed by atoms with Gasteiger partial charge in [0.15, 0.2) is 23.3 Å². The number of carbonyl (C=O) groups excluding carboxylic acids is 5. The minimum atomic E-state index is -1.54. The number of amidine groups is 1. The lowest BCUT2D eigenvalue weighted by atomic mass is 10.1. The number of methoxy groups -OCH3 is 3. The minimum absolute atomic E-state index is 0.000151. The lowest BCUT2D eigenvalue weighted by Crippen LogP contribution is -2.52. The largest absolute Gasteiger partial charge is 0.494 e. The SMILES string of the molecule is CON=C(c1ccccc1)N1CCN(C(=O)C(=O)c2c[nH]c3c(-n4cnc(C)n4)ncc(OC)c23)CC1.COc1cnc(-n2cnc(C)n2)c2[nH]cc(C(=O)C(=O)N3CCN(C(=S)c4ccccc4)CC3)c12.COc1cnc(-n2cnc(C)n2)c2[nH]cc(C(=O)C(=O)O)c12.S=C(c1ccccc1)N1CCNCC1. The molecule has 33 nitrogen and oxygen atoms in total. The quantitative estimate of drug-likeness (QED) is 0.0186. The minimum Gasteiger partial charge on any atom is -0.494 e. The van der Waals surface area contributed by atoms with Gasteiger partial charge in [-0.3, -0.25) is 24.0 Å². The van der Waals surface area contributed by atoms with E-state index in [2.05, 4.69) is 92.6 Å². The van der Waals surface area contributed by atoms with Crippen molar-refractivity contribution in [3.63, 3.8) is 0 Å². The van der Waals surface area contributed by atoms with Crippen LogP contribution in [-0.2, 0) is 19.2 Å². The van der Waals surface area contributed by atoms with E-state index in [0.29, 0.717) is 143 Å². The molecule has 15 rings (SSSR count). The fourth-order valence-electron chi connectivity index (χ4n) is 12.4. The first-order valence-electron chi connectivity index (χ1n) is 33.9. The number of nitrogens with zero attached hydrogens (tertiary/aromatic N) is 18. The number of aryl methyl sites for hydroxylation is 3. The fraction of sp³-hybridized carbons (Fsp3) is 0.260. The number of benzene rings is 3. The van der Waals surface area contributed by atoms with Crippen LogP contribution in [0, 0.1) is 20.8 Å². The van der Waals surface area contributed by atoms with Gasteiger partial charge in [-0.2, -0.15) is 15.3 Å². The molecule has 0 atom stereocenters. The zero-order valence-electron chi connectivity index (χ0n) is 59.7. The number of carboxylic acid groups (broad SMARTS) is 1. The molecule has 0 radical (unpaired) electrons. The summed E-state index contributed by atoms with van der Waals surface area (Å²) in [5.74, 6) is -0.207. The summed E-state index contributed by atoms with van der Waals surface area (Å²) in [6.07, 6.45) is 13.3. The number of hydrogen-bond donors (Lipinski definition) is 5. The summed E-state index contributed by atoms with van der Waals surface area (Å²) >= 11 is 11.1. The fourth-order valence-corrected chi connectivity index (χ4v) is 13.0. The number of rotatable bonds is 16. The number of aromatic nitrogens is 15. The van der Waals surface area contributed by atoms with E-state index in [1.165, 1.54) is 98.6 Å². The van der Waals surface area contributed by atoms with Crippen molar-refractivity contribution in [2.75, 3.05) is 107 Å². The number of ether oxygens (including phenoxy) is 3. The highest BCUT2D eigenvalue weighted by atomic mass is 32.1. The van der Waals surface area contributed by atoms with E-state index in [9.17, 15) is 28.8 Å². The molecule has 5 N–H and O–H groups in total. The lowest BCUT2D eigenvalue weighted by molar-refractivity contribution is -0.132. The van der Waals surface area contributed by atoms with Crippen molar-refractivity contribution in [3.05, 3.63) is 198 Å². The van der Waals surface area contributed by atoms with Crippen LogP contribution < -0.4 is 19.5 Å². The van der Waals surface area contributed by atoms with Crippen LogP contribution in [0.3, 0.4) is 0 Å². The molecule has 3 fully saturated rings. The van der Waals surface area contributed by atoms with Crippen LogP contribution in [0.4, 0.5) is 0 Å². The Bertz CT molecular complexity index is 5320. The highest BCUT2D eigenvalue weighted by Crippen LogP contribution is 2.35. The van der Waals surface area contributed by atoms with Gasteiger partial charge >= 0.3 is 5.97 Å². The van der Waals surface area contributed by atoms with Gasteiger partial charge in [0.05, 0.1) is 89.3 Å². The van der Waals surface area contributed by atoms with Crippen LogP contribution in [0.5, 0.6) is 17.2 Å². The topological polar surface area (TPSA) is 378 Å². The Morgan fingerprint density at radius 1 is 0.426 bits per heavy atom. The molecule has 554 valence electrons. The van der Waals surface area contributed by atoms with Crippen molar-refractivity contribution in [1.29, 1.82) is 0 Å². The number of nitrogens with one attached hydrogen (secondary N) is 4. The number of carboxylic acids is 1. The van der Waals surface area contributed by atoms with Crippen molar-refractivity contribution >= 4 is 108 Å². The Kier molecular flexibility index (Phi) is 23.4. The van der Waals surface area contributed by atoms with Gasteiger partial charge in [0.2, 0.25) is 0 Å². The van der Waals surface area contributed by atoms with Crippen LogP contribution in [0.1, 0.15) is 65.2 Å². The average molecular weight is 1500 g/mol. The molecule has 12 aromatic rings. The second kappa shape index (κ2) is 33.8. The number of aliphatic carboxylic acids is 1. The van der Waals surface area contributed by atoms with Gasteiger partial charge in [0.1, 0.15) is 70.8 Å². The predicted molar refractivity (Wildman–Crippen MR) is 405 cm³/mol. The molecule has 2 amide bonds. The number of pyridine rings is 3. The number of piperazine rings is 3. The number of ketones is 3. The number of hydrogen-bond acceptors (Lipinski definition) is 23. The number of thiocarbonyl (C=S) groups is 2. The first-order valence-corrected chi connectivity index (χ1v) is 34.7. The van der Waals surface area contributed by atoms with Crippen LogP contribution in [0.25, 0.3) is 50.2 Å². The second-order valence-electron chi connectivity index (χ2n) is 24.4. The van der Waals surface area contributed by atoms with E-state index in [4.69, 9.17) is 48.6 Å².